The van der Waals surface area contributed by atoms with Gasteiger partial charge in [-0.05, 0) is 29.8 Å². The van der Waals surface area contributed by atoms with Gasteiger partial charge in [-0.3, -0.25) is 15.1 Å². The number of hydrogen-bond donors (Lipinski definition) is 1. The van der Waals surface area contributed by atoms with E-state index in [9.17, 15) is 4.79 Å². The molecule has 0 aliphatic carbocycles. The molecule has 1 N–H and O–H groups in total. The highest BCUT2D eigenvalue weighted by Gasteiger charge is 2.36. The van der Waals surface area contributed by atoms with Crippen LogP contribution in [0.3, 0.4) is 0 Å². The first-order valence-electron chi connectivity index (χ1n) is 12.1. The molecule has 8 heteroatoms. The fourth-order valence-electron chi connectivity index (χ4n) is 4.64. The van der Waals surface area contributed by atoms with E-state index < -0.39 is 5.91 Å². The van der Waals surface area contributed by atoms with Crippen LogP contribution < -0.4 is 9.47 Å². The van der Waals surface area contributed by atoms with Crippen LogP contribution in [-0.4, -0.2) is 40.1 Å². The van der Waals surface area contributed by atoms with Crippen LogP contribution in [0.25, 0.3) is 22.7 Å². The van der Waals surface area contributed by atoms with Crippen LogP contribution >= 0.6 is 11.8 Å². The Labute approximate surface area is 224 Å². The van der Waals surface area contributed by atoms with Gasteiger partial charge in [-0.2, -0.15) is 4.99 Å². The van der Waals surface area contributed by atoms with Crippen molar-refractivity contribution in [3.05, 3.63) is 107 Å². The normalized spacial score (nSPS) is 16.0. The minimum absolute atomic E-state index is 0.122. The number of nitrogens with one attached hydrogen (secondary N) is 1. The summed E-state index contributed by atoms with van der Waals surface area (Å²) in [6.45, 7) is 1.03. The fraction of sp³-hybridized carbons (Fsp3) is 0.100. The number of benzene rings is 3. The molecule has 2 aliphatic rings. The molecule has 38 heavy (non-hydrogen) atoms. The van der Waals surface area contributed by atoms with Crippen molar-refractivity contribution in [3.63, 3.8) is 0 Å². The Kier molecular flexibility index (Phi) is 6.31. The zero-order valence-electron chi connectivity index (χ0n) is 20.6. The van der Waals surface area contributed by atoms with Gasteiger partial charge < -0.3 is 14.0 Å². The molecule has 188 valence electrons. The van der Waals surface area contributed by atoms with E-state index in [0.717, 1.165) is 27.7 Å². The summed E-state index contributed by atoms with van der Waals surface area (Å²) >= 11 is 1.36. The van der Waals surface area contributed by atoms with Gasteiger partial charge in [0.2, 0.25) is 0 Å². The van der Waals surface area contributed by atoms with Crippen LogP contribution in [0, 0.1) is 5.41 Å². The Bertz CT molecular complexity index is 1650. The number of nitrogens with zero attached hydrogens (tertiary/aromatic N) is 3. The summed E-state index contributed by atoms with van der Waals surface area (Å²) < 4.78 is 13.5. The smallest absolute Gasteiger partial charge is 0.283 e. The first-order chi connectivity index (χ1) is 18.6. The van der Waals surface area contributed by atoms with Crippen molar-refractivity contribution in [3.8, 4) is 11.5 Å². The first-order valence-corrected chi connectivity index (χ1v) is 13.0. The molecule has 0 saturated heterocycles. The molecule has 7 nitrogen and oxygen atoms in total. The molecule has 0 atom stereocenters. The first kappa shape index (κ1) is 23.8. The Morgan fingerprint density at radius 3 is 2.53 bits per heavy atom. The summed E-state index contributed by atoms with van der Waals surface area (Å²) in [4.78, 5) is 19.1. The zero-order chi connectivity index (χ0) is 26.1. The van der Waals surface area contributed by atoms with Crippen molar-refractivity contribution in [2.24, 2.45) is 4.99 Å². The zero-order valence-corrected chi connectivity index (χ0v) is 21.4. The van der Waals surface area contributed by atoms with E-state index in [0.29, 0.717) is 29.8 Å². The lowest BCUT2D eigenvalue weighted by molar-refractivity contribution is -0.114. The van der Waals surface area contributed by atoms with Crippen LogP contribution in [-0.2, 0) is 11.3 Å². The summed E-state index contributed by atoms with van der Waals surface area (Å²) in [6, 6.07) is 25.4. The maximum Gasteiger partial charge on any atom is 0.283 e. The summed E-state index contributed by atoms with van der Waals surface area (Å²) in [7, 11) is 1.62. The molecule has 0 fully saturated rings. The SMILES string of the molecule is COc1ccccc1OCCn1cc(C=C2C(=N)N3C(c4ccccc4)=CSC3=NC2=O)c2ccccc21. The van der Waals surface area contributed by atoms with Gasteiger partial charge in [0.05, 0.1) is 24.9 Å². The summed E-state index contributed by atoms with van der Waals surface area (Å²) in [6.07, 6.45) is 3.77. The molecule has 0 saturated carbocycles. The molecule has 4 aromatic rings. The Balaban J connectivity index is 1.30. The summed E-state index contributed by atoms with van der Waals surface area (Å²) in [5.41, 5.74) is 3.93. The standard InChI is InChI=1S/C30H24N4O3S/c1-36-26-13-7-8-14-27(26)37-16-15-33-18-21(22-11-5-6-12-24(22)33)17-23-28(31)34-25(20-9-3-2-4-10-20)19-38-30(34)32-29(23)35/h2-14,17-19,31H,15-16H2,1H3. The van der Waals surface area contributed by atoms with Gasteiger partial charge in [0.25, 0.3) is 5.91 Å². The summed E-state index contributed by atoms with van der Waals surface area (Å²) in [5, 5.41) is 12.4. The average Bonchev–Trinajstić information content (AvgIpc) is 3.53. The van der Waals surface area contributed by atoms with E-state index in [4.69, 9.17) is 14.9 Å². The Morgan fingerprint density at radius 2 is 1.71 bits per heavy atom. The third kappa shape index (κ3) is 4.29. The van der Waals surface area contributed by atoms with Gasteiger partial charge in [0.1, 0.15) is 12.4 Å². The van der Waals surface area contributed by atoms with Crippen molar-refractivity contribution in [1.29, 1.82) is 5.41 Å². The van der Waals surface area contributed by atoms with Crippen LogP contribution in [0.1, 0.15) is 11.1 Å². The molecule has 3 heterocycles. The number of amidine groups is 2. The van der Waals surface area contributed by atoms with Crippen molar-refractivity contribution >= 4 is 51.3 Å². The number of ether oxygens (including phenoxy) is 2. The molecule has 2 aliphatic heterocycles. The van der Waals surface area contributed by atoms with Gasteiger partial charge in [-0.1, -0.05) is 72.4 Å². The maximum absolute atomic E-state index is 13.0. The van der Waals surface area contributed by atoms with Crippen molar-refractivity contribution in [2.45, 2.75) is 6.54 Å². The topological polar surface area (TPSA) is 79.9 Å². The lowest BCUT2D eigenvalue weighted by Crippen LogP contribution is -2.38. The third-order valence-corrected chi connectivity index (χ3v) is 7.29. The Hall–Kier alpha value is -4.56. The van der Waals surface area contributed by atoms with E-state index in [1.165, 1.54) is 11.8 Å². The van der Waals surface area contributed by atoms with E-state index in [1.807, 2.05) is 90.5 Å². The van der Waals surface area contributed by atoms with E-state index in [2.05, 4.69) is 9.56 Å². The largest absolute Gasteiger partial charge is 0.493 e. The number of rotatable bonds is 7. The number of fused-ring (bicyclic) bond motifs is 2. The molecular formula is C30H24N4O3S. The maximum atomic E-state index is 13.0. The van der Waals surface area contributed by atoms with E-state index >= 15 is 0 Å². The van der Waals surface area contributed by atoms with Gasteiger partial charge in [0.15, 0.2) is 16.7 Å². The van der Waals surface area contributed by atoms with Gasteiger partial charge in [0, 0.05) is 28.1 Å². The van der Waals surface area contributed by atoms with E-state index in [-0.39, 0.29) is 11.4 Å². The number of carbonyl (C=O) groups excluding carboxylic acids is 1. The molecule has 0 radical (unpaired) electrons. The lowest BCUT2D eigenvalue weighted by Gasteiger charge is -2.26. The third-order valence-electron chi connectivity index (χ3n) is 6.46. The average molecular weight is 521 g/mol. The number of para-hydroxylation sites is 3. The van der Waals surface area contributed by atoms with Crippen LogP contribution in [0.2, 0.25) is 0 Å². The molecule has 1 aromatic heterocycles. The van der Waals surface area contributed by atoms with Gasteiger partial charge in [-0.15, -0.1) is 0 Å². The highest BCUT2D eigenvalue weighted by molar-refractivity contribution is 8.17. The second-order valence-corrected chi connectivity index (χ2v) is 9.56. The second kappa shape index (κ2) is 10.1. The van der Waals surface area contributed by atoms with Gasteiger partial charge >= 0.3 is 0 Å². The molecular weight excluding hydrogens is 496 g/mol. The highest BCUT2D eigenvalue weighted by Crippen LogP contribution is 2.37. The van der Waals surface area contributed by atoms with Crippen molar-refractivity contribution in [2.75, 3.05) is 13.7 Å². The molecule has 1 amide bonds. The molecule has 3 aromatic carbocycles. The number of thioether (sulfide) groups is 1. The lowest BCUT2D eigenvalue weighted by atomic mass is 10.1. The summed E-state index contributed by atoms with van der Waals surface area (Å²) in [5.74, 6) is 1.09. The number of methoxy groups -OCH3 is 1. The highest BCUT2D eigenvalue weighted by atomic mass is 32.2. The van der Waals surface area contributed by atoms with Gasteiger partial charge in [-0.25, -0.2) is 0 Å². The fourth-order valence-corrected chi connectivity index (χ4v) is 5.53. The number of aromatic nitrogens is 1. The molecule has 0 bridgehead atoms. The van der Waals surface area contributed by atoms with Crippen LogP contribution in [0.15, 0.2) is 101 Å². The van der Waals surface area contributed by atoms with Crippen LogP contribution in [0.4, 0.5) is 0 Å². The minimum atomic E-state index is -0.409. The molecule has 0 spiro atoms. The second-order valence-electron chi connectivity index (χ2n) is 8.72. The number of amides is 1. The number of hydrogen-bond acceptors (Lipinski definition) is 5. The van der Waals surface area contributed by atoms with Crippen molar-refractivity contribution in [1.82, 2.24) is 9.47 Å². The number of aliphatic imine (C=N–C) groups is 1. The Morgan fingerprint density at radius 1 is 0.974 bits per heavy atom. The molecule has 6 rings (SSSR count). The van der Waals surface area contributed by atoms with Crippen LogP contribution in [0.5, 0.6) is 11.5 Å². The molecule has 0 unspecified atom stereocenters. The minimum Gasteiger partial charge on any atom is -0.493 e. The number of carbonyl (C=O) groups is 1. The predicted octanol–water partition coefficient (Wildman–Crippen LogP) is 6.03. The van der Waals surface area contributed by atoms with Crippen molar-refractivity contribution < 1.29 is 14.3 Å². The quantitative estimate of drug-likeness (QED) is 0.301. The van der Waals surface area contributed by atoms with E-state index in [1.54, 1.807) is 18.1 Å². The monoisotopic (exact) mass is 520 g/mol. The predicted molar refractivity (Wildman–Crippen MR) is 152 cm³/mol.